The van der Waals surface area contributed by atoms with E-state index in [1.807, 2.05) is 36.2 Å². The van der Waals surface area contributed by atoms with Gasteiger partial charge in [0.25, 0.3) is 0 Å². The molecule has 3 nitrogen and oxygen atoms in total. The van der Waals surface area contributed by atoms with Crippen molar-refractivity contribution in [2.75, 3.05) is 12.4 Å². The molecule has 1 aromatic heterocycles. The fourth-order valence-electron chi connectivity index (χ4n) is 2.06. The van der Waals surface area contributed by atoms with Gasteiger partial charge in [0, 0.05) is 23.5 Å². The second-order valence-electron chi connectivity index (χ2n) is 5.04. The van der Waals surface area contributed by atoms with Gasteiger partial charge in [-0.3, -0.25) is 0 Å². The van der Waals surface area contributed by atoms with Crippen LogP contribution in [0.3, 0.4) is 0 Å². The summed E-state index contributed by atoms with van der Waals surface area (Å²) in [4.78, 5) is 7.63. The number of imidazole rings is 1. The summed E-state index contributed by atoms with van der Waals surface area (Å²) in [6, 6.07) is 8.20. The first-order chi connectivity index (χ1) is 10.9. The molecule has 22 heavy (non-hydrogen) atoms. The van der Waals surface area contributed by atoms with Crippen LogP contribution in [0.5, 0.6) is 5.75 Å². The molecular weight excluding hydrogens is 292 g/mol. The Morgan fingerprint density at radius 1 is 1.27 bits per heavy atom. The fraction of sp³-hybridized carbons (Fsp3) is 0.389. The minimum Gasteiger partial charge on any atom is -0.493 e. The highest BCUT2D eigenvalue weighted by Gasteiger charge is 2.12. The second kappa shape index (κ2) is 9.36. The van der Waals surface area contributed by atoms with E-state index in [0.29, 0.717) is 0 Å². The third-order valence-corrected chi connectivity index (χ3v) is 4.26. The average Bonchev–Trinajstić information content (AvgIpc) is 3.07. The molecule has 1 aromatic carbocycles. The third kappa shape index (κ3) is 4.67. The van der Waals surface area contributed by atoms with Crippen molar-refractivity contribution in [3.8, 4) is 5.75 Å². The number of ether oxygens (including phenoxy) is 1. The van der Waals surface area contributed by atoms with E-state index in [1.54, 1.807) is 6.20 Å². The highest BCUT2D eigenvalue weighted by molar-refractivity contribution is 8.02. The number of rotatable bonds is 9. The normalized spacial score (nSPS) is 11.6. The van der Waals surface area contributed by atoms with Gasteiger partial charge < -0.3 is 9.72 Å². The molecule has 0 unspecified atom stereocenters. The summed E-state index contributed by atoms with van der Waals surface area (Å²) in [5.74, 6) is 2.91. The van der Waals surface area contributed by atoms with Crippen LogP contribution in [0.4, 0.5) is 0 Å². The lowest BCUT2D eigenvalue weighted by molar-refractivity contribution is 0.308. The van der Waals surface area contributed by atoms with Crippen LogP contribution in [-0.2, 0) is 0 Å². The number of benzene rings is 1. The zero-order chi connectivity index (χ0) is 15.6. The number of nitrogens with zero attached hydrogens (tertiary/aromatic N) is 1. The number of aromatic nitrogens is 2. The molecule has 1 N–H and O–H groups in total. The molecule has 2 aromatic rings. The Bertz CT molecular complexity index is 579. The number of nitrogens with one attached hydrogen (secondary N) is 1. The van der Waals surface area contributed by atoms with Crippen LogP contribution >= 0.6 is 11.8 Å². The number of hydrogen-bond acceptors (Lipinski definition) is 3. The molecule has 0 radical (unpaired) electrons. The largest absolute Gasteiger partial charge is 0.493 e. The Morgan fingerprint density at radius 3 is 2.86 bits per heavy atom. The fourth-order valence-corrected chi connectivity index (χ4v) is 2.82. The van der Waals surface area contributed by atoms with Crippen molar-refractivity contribution < 1.29 is 4.74 Å². The van der Waals surface area contributed by atoms with E-state index in [-0.39, 0.29) is 0 Å². The number of H-pyrrole nitrogens is 1. The maximum absolute atomic E-state index is 5.97. The zero-order valence-corrected chi connectivity index (χ0v) is 14.2. The van der Waals surface area contributed by atoms with Gasteiger partial charge in [-0.1, -0.05) is 38.5 Å². The molecule has 0 aliphatic carbocycles. The van der Waals surface area contributed by atoms with Crippen LogP contribution in [0.2, 0.25) is 0 Å². The summed E-state index contributed by atoms with van der Waals surface area (Å²) >= 11 is 1.81. The van der Waals surface area contributed by atoms with E-state index in [0.717, 1.165) is 54.3 Å². The van der Waals surface area contributed by atoms with Gasteiger partial charge >= 0.3 is 0 Å². The molecular formula is C18H24N2OS. The van der Waals surface area contributed by atoms with Crippen molar-refractivity contribution in [3.05, 3.63) is 53.5 Å². The van der Waals surface area contributed by atoms with Crippen LogP contribution in [0.15, 0.2) is 42.1 Å². The molecule has 0 aliphatic heterocycles. The van der Waals surface area contributed by atoms with E-state index < -0.39 is 0 Å². The van der Waals surface area contributed by atoms with Crippen LogP contribution in [0.25, 0.3) is 5.57 Å². The number of aromatic amines is 1. The number of para-hydroxylation sites is 1. The van der Waals surface area contributed by atoms with Gasteiger partial charge in [-0.25, -0.2) is 4.98 Å². The van der Waals surface area contributed by atoms with E-state index in [9.17, 15) is 0 Å². The van der Waals surface area contributed by atoms with Gasteiger partial charge in [0.15, 0.2) is 0 Å². The Kier molecular flexibility index (Phi) is 7.10. The molecule has 1 heterocycles. The maximum Gasteiger partial charge on any atom is 0.138 e. The molecule has 0 bridgehead atoms. The quantitative estimate of drug-likeness (QED) is 0.652. The summed E-state index contributed by atoms with van der Waals surface area (Å²) in [5.41, 5.74) is 2.19. The molecule has 118 valence electrons. The Morgan fingerprint density at radius 2 is 2.14 bits per heavy atom. The summed E-state index contributed by atoms with van der Waals surface area (Å²) in [5, 5.41) is 2.18. The maximum atomic E-state index is 5.97. The standard InChI is InChI=1S/C18H24N2OS/c1-3-5-12-21-17-9-7-6-8-15(17)16(14-22-13-4-2)18-19-10-11-20-18/h6-11,14H,3-5,12-13H2,1-2H3,(H,19,20). The third-order valence-electron chi connectivity index (χ3n) is 3.21. The van der Waals surface area contributed by atoms with E-state index in [1.165, 1.54) is 0 Å². The molecule has 0 aliphatic rings. The predicted octanol–water partition coefficient (Wildman–Crippen LogP) is 5.12. The summed E-state index contributed by atoms with van der Waals surface area (Å²) < 4.78 is 5.97. The predicted molar refractivity (Wildman–Crippen MR) is 95.3 cm³/mol. The van der Waals surface area contributed by atoms with Crippen molar-refractivity contribution in [1.82, 2.24) is 9.97 Å². The number of thioether (sulfide) groups is 1. The minimum atomic E-state index is 0.751. The van der Waals surface area contributed by atoms with Gasteiger partial charge in [-0.15, -0.1) is 11.8 Å². The van der Waals surface area contributed by atoms with Gasteiger partial charge in [0.05, 0.1) is 6.61 Å². The first-order valence-electron chi connectivity index (χ1n) is 7.90. The minimum absolute atomic E-state index is 0.751. The summed E-state index contributed by atoms with van der Waals surface area (Å²) in [7, 11) is 0. The summed E-state index contributed by atoms with van der Waals surface area (Å²) in [6.07, 6.45) is 7.00. The van der Waals surface area contributed by atoms with E-state index in [2.05, 4.69) is 35.3 Å². The Hall–Kier alpha value is -1.68. The molecule has 0 spiro atoms. The van der Waals surface area contributed by atoms with Crippen LogP contribution in [0, 0.1) is 0 Å². The van der Waals surface area contributed by atoms with Crippen molar-refractivity contribution in [1.29, 1.82) is 0 Å². The molecule has 0 saturated carbocycles. The van der Waals surface area contributed by atoms with Gasteiger partial charge in [-0.2, -0.15) is 0 Å². The highest BCUT2D eigenvalue weighted by Crippen LogP contribution is 2.31. The average molecular weight is 316 g/mol. The molecule has 0 fully saturated rings. The van der Waals surface area contributed by atoms with E-state index in [4.69, 9.17) is 4.74 Å². The van der Waals surface area contributed by atoms with Gasteiger partial charge in [-0.05, 0) is 30.1 Å². The zero-order valence-electron chi connectivity index (χ0n) is 13.3. The van der Waals surface area contributed by atoms with E-state index >= 15 is 0 Å². The topological polar surface area (TPSA) is 37.9 Å². The molecule has 0 saturated heterocycles. The Labute approximate surface area is 137 Å². The second-order valence-corrected chi connectivity index (χ2v) is 6.02. The van der Waals surface area contributed by atoms with Crippen molar-refractivity contribution in [2.24, 2.45) is 0 Å². The smallest absolute Gasteiger partial charge is 0.138 e. The van der Waals surface area contributed by atoms with Crippen LogP contribution in [0.1, 0.15) is 44.5 Å². The van der Waals surface area contributed by atoms with Crippen LogP contribution in [-0.4, -0.2) is 22.3 Å². The lowest BCUT2D eigenvalue weighted by atomic mass is 10.1. The highest BCUT2D eigenvalue weighted by atomic mass is 32.2. The monoisotopic (exact) mass is 316 g/mol. The molecule has 0 amide bonds. The number of unbranched alkanes of at least 4 members (excludes halogenated alkanes) is 1. The van der Waals surface area contributed by atoms with Gasteiger partial charge in [0.1, 0.15) is 11.6 Å². The van der Waals surface area contributed by atoms with Crippen molar-refractivity contribution >= 4 is 17.3 Å². The van der Waals surface area contributed by atoms with Crippen LogP contribution < -0.4 is 4.74 Å². The first-order valence-corrected chi connectivity index (χ1v) is 8.95. The molecule has 2 rings (SSSR count). The Balaban J connectivity index is 2.29. The summed E-state index contributed by atoms with van der Waals surface area (Å²) in [6.45, 7) is 5.11. The number of hydrogen-bond donors (Lipinski definition) is 1. The van der Waals surface area contributed by atoms with Crippen molar-refractivity contribution in [3.63, 3.8) is 0 Å². The SMILES string of the molecule is CCCCOc1ccccc1C(=CSCCC)c1ncc[nH]1. The first kappa shape index (κ1) is 16.7. The lowest BCUT2D eigenvalue weighted by Gasteiger charge is -2.13. The van der Waals surface area contributed by atoms with Gasteiger partial charge in [0.2, 0.25) is 0 Å². The molecule has 0 atom stereocenters. The lowest BCUT2D eigenvalue weighted by Crippen LogP contribution is -2.00. The van der Waals surface area contributed by atoms with Crippen molar-refractivity contribution in [2.45, 2.75) is 33.1 Å². The molecule has 4 heteroatoms.